The first-order valence-electron chi connectivity index (χ1n) is 9.32. The van der Waals surface area contributed by atoms with Gasteiger partial charge in [-0.25, -0.2) is 19.6 Å². The second-order valence-electron chi connectivity index (χ2n) is 7.42. The molecule has 0 amide bonds. The van der Waals surface area contributed by atoms with Crippen LogP contribution < -0.4 is 9.80 Å². The van der Waals surface area contributed by atoms with Crippen LogP contribution in [-0.2, 0) is 6.18 Å². The lowest BCUT2D eigenvalue weighted by Gasteiger charge is -2.23. The molecule has 2 fully saturated rings. The summed E-state index contributed by atoms with van der Waals surface area (Å²) >= 11 is 0. The SMILES string of the molecule is FC(F)(F)c1ccc(N2CC3CN(c4cc(-n5cccn5)ncn4)CC3C2)nc1. The number of nitrogens with zero attached hydrogens (tertiary/aromatic N) is 7. The minimum absolute atomic E-state index is 0.419. The van der Waals surface area contributed by atoms with Gasteiger partial charge in [-0.1, -0.05) is 0 Å². The van der Waals surface area contributed by atoms with Crippen molar-refractivity contribution in [2.75, 3.05) is 36.0 Å². The third-order valence-electron chi connectivity index (χ3n) is 5.59. The molecule has 2 atom stereocenters. The molecule has 0 spiro atoms. The van der Waals surface area contributed by atoms with E-state index in [1.54, 1.807) is 17.2 Å². The van der Waals surface area contributed by atoms with Gasteiger partial charge in [0.15, 0.2) is 5.82 Å². The van der Waals surface area contributed by atoms with E-state index < -0.39 is 11.7 Å². The summed E-state index contributed by atoms with van der Waals surface area (Å²) in [7, 11) is 0. The maximum atomic E-state index is 12.7. The van der Waals surface area contributed by atoms with Gasteiger partial charge in [0.1, 0.15) is 18.0 Å². The summed E-state index contributed by atoms with van der Waals surface area (Å²) in [5.41, 5.74) is -0.719. The van der Waals surface area contributed by atoms with E-state index in [0.717, 1.165) is 44.3 Å². The van der Waals surface area contributed by atoms with Gasteiger partial charge in [-0.15, -0.1) is 0 Å². The van der Waals surface area contributed by atoms with Crippen molar-refractivity contribution in [3.63, 3.8) is 0 Å². The smallest absolute Gasteiger partial charge is 0.356 e. The van der Waals surface area contributed by atoms with Crippen molar-refractivity contribution in [1.29, 1.82) is 0 Å². The highest BCUT2D eigenvalue weighted by Crippen LogP contribution is 2.36. The standard InChI is InChI=1S/C19H18F3N7/c20-19(21,22)15-2-3-16(23-7-15)27-8-13-10-28(11-14(13)9-27)17-6-18(25-12-24-17)29-5-1-4-26-29/h1-7,12-14H,8-11H2. The van der Waals surface area contributed by atoms with Gasteiger partial charge in [0.25, 0.3) is 0 Å². The molecule has 0 radical (unpaired) electrons. The lowest BCUT2D eigenvalue weighted by molar-refractivity contribution is -0.137. The zero-order valence-corrected chi connectivity index (χ0v) is 15.4. The minimum Gasteiger partial charge on any atom is -0.356 e. The minimum atomic E-state index is -4.36. The van der Waals surface area contributed by atoms with Crippen molar-refractivity contribution in [2.24, 2.45) is 11.8 Å². The molecule has 3 aromatic rings. The molecule has 0 aliphatic carbocycles. The molecule has 10 heteroatoms. The Labute approximate surface area is 164 Å². The van der Waals surface area contributed by atoms with Gasteiger partial charge >= 0.3 is 6.18 Å². The van der Waals surface area contributed by atoms with E-state index in [-0.39, 0.29) is 0 Å². The van der Waals surface area contributed by atoms with E-state index in [9.17, 15) is 13.2 Å². The average Bonchev–Trinajstić information content (AvgIpc) is 3.44. The molecular formula is C19H18F3N7. The number of pyridine rings is 1. The monoisotopic (exact) mass is 401 g/mol. The zero-order chi connectivity index (χ0) is 20.0. The van der Waals surface area contributed by atoms with Gasteiger partial charge in [0.05, 0.1) is 5.56 Å². The molecule has 7 nitrogen and oxygen atoms in total. The third kappa shape index (κ3) is 3.39. The van der Waals surface area contributed by atoms with E-state index in [0.29, 0.717) is 23.5 Å². The lowest BCUT2D eigenvalue weighted by Crippen LogP contribution is -2.29. The number of hydrogen-bond donors (Lipinski definition) is 0. The van der Waals surface area contributed by atoms with Crippen molar-refractivity contribution in [1.82, 2.24) is 24.7 Å². The van der Waals surface area contributed by atoms with Gasteiger partial charge in [-0.05, 0) is 18.2 Å². The van der Waals surface area contributed by atoms with E-state index >= 15 is 0 Å². The van der Waals surface area contributed by atoms with Crippen LogP contribution in [0.4, 0.5) is 24.8 Å². The molecule has 2 unspecified atom stereocenters. The number of hydrogen-bond acceptors (Lipinski definition) is 6. The molecule has 5 rings (SSSR count). The molecule has 0 bridgehead atoms. The van der Waals surface area contributed by atoms with E-state index in [1.165, 1.54) is 6.07 Å². The van der Waals surface area contributed by atoms with E-state index in [2.05, 4.69) is 29.9 Å². The molecule has 3 aromatic heterocycles. The van der Waals surface area contributed by atoms with Gasteiger partial charge in [-0.3, -0.25) is 0 Å². The Morgan fingerprint density at radius 2 is 1.55 bits per heavy atom. The van der Waals surface area contributed by atoms with Crippen molar-refractivity contribution in [3.8, 4) is 5.82 Å². The molecule has 2 saturated heterocycles. The van der Waals surface area contributed by atoms with Crippen LogP contribution in [0.1, 0.15) is 5.56 Å². The predicted octanol–water partition coefficient (Wildman–Crippen LogP) is 2.65. The van der Waals surface area contributed by atoms with Crippen molar-refractivity contribution >= 4 is 11.6 Å². The first kappa shape index (κ1) is 17.9. The number of fused-ring (bicyclic) bond motifs is 1. The van der Waals surface area contributed by atoms with Crippen LogP contribution in [0.3, 0.4) is 0 Å². The predicted molar refractivity (Wildman–Crippen MR) is 99.8 cm³/mol. The van der Waals surface area contributed by atoms with Gasteiger partial charge in [0.2, 0.25) is 0 Å². The molecule has 2 aliphatic rings. The topological polar surface area (TPSA) is 63.0 Å². The maximum Gasteiger partial charge on any atom is 0.417 e. The second kappa shape index (κ2) is 6.71. The summed E-state index contributed by atoms with van der Waals surface area (Å²) in [6, 6.07) is 6.32. The number of alkyl halides is 3. The van der Waals surface area contributed by atoms with Crippen LogP contribution in [0.5, 0.6) is 0 Å². The Hall–Kier alpha value is -3.17. The van der Waals surface area contributed by atoms with Crippen LogP contribution in [0.15, 0.2) is 49.2 Å². The third-order valence-corrected chi connectivity index (χ3v) is 5.59. The van der Waals surface area contributed by atoms with Crippen LogP contribution in [0.25, 0.3) is 5.82 Å². The van der Waals surface area contributed by atoms with Gasteiger partial charge < -0.3 is 9.80 Å². The Morgan fingerprint density at radius 1 is 0.862 bits per heavy atom. The highest BCUT2D eigenvalue weighted by Gasteiger charge is 2.41. The van der Waals surface area contributed by atoms with Crippen LogP contribution in [-0.4, -0.2) is 50.9 Å². The molecule has 0 N–H and O–H groups in total. The Morgan fingerprint density at radius 3 is 2.14 bits per heavy atom. The first-order chi connectivity index (χ1) is 14.0. The summed E-state index contributed by atoms with van der Waals surface area (Å²) in [4.78, 5) is 17.0. The van der Waals surface area contributed by atoms with Crippen molar-refractivity contribution in [2.45, 2.75) is 6.18 Å². The van der Waals surface area contributed by atoms with Crippen LogP contribution in [0.2, 0.25) is 0 Å². The number of halogens is 3. The van der Waals surface area contributed by atoms with Gasteiger partial charge in [-0.2, -0.15) is 18.3 Å². The largest absolute Gasteiger partial charge is 0.417 e. The Balaban J connectivity index is 1.26. The lowest BCUT2D eigenvalue weighted by atomic mass is 10.0. The van der Waals surface area contributed by atoms with Crippen LogP contribution in [0, 0.1) is 11.8 Å². The average molecular weight is 401 g/mol. The Kier molecular flexibility index (Phi) is 4.14. The molecule has 150 valence electrons. The zero-order valence-electron chi connectivity index (χ0n) is 15.4. The molecule has 0 saturated carbocycles. The molecule has 2 aliphatic heterocycles. The summed E-state index contributed by atoms with van der Waals surface area (Å²) in [5, 5.41) is 4.20. The molecular weight excluding hydrogens is 383 g/mol. The first-order valence-corrected chi connectivity index (χ1v) is 9.32. The molecule has 5 heterocycles. The van der Waals surface area contributed by atoms with Crippen LogP contribution >= 0.6 is 0 Å². The van der Waals surface area contributed by atoms with E-state index in [4.69, 9.17) is 0 Å². The maximum absolute atomic E-state index is 12.7. The normalized spacial score (nSPS) is 21.6. The number of aromatic nitrogens is 5. The second-order valence-corrected chi connectivity index (χ2v) is 7.42. The summed E-state index contributed by atoms with van der Waals surface area (Å²) in [6.45, 7) is 3.24. The number of anilines is 2. The summed E-state index contributed by atoms with van der Waals surface area (Å²) < 4.78 is 39.9. The van der Waals surface area contributed by atoms with Gasteiger partial charge in [0, 0.05) is 62.7 Å². The highest BCUT2D eigenvalue weighted by molar-refractivity contribution is 5.47. The summed E-state index contributed by atoms with van der Waals surface area (Å²) in [6.07, 6.45) is 1.62. The van der Waals surface area contributed by atoms with Crippen molar-refractivity contribution < 1.29 is 13.2 Å². The summed E-state index contributed by atoms with van der Waals surface area (Å²) in [5.74, 6) is 3.01. The highest BCUT2D eigenvalue weighted by atomic mass is 19.4. The fourth-order valence-electron chi connectivity index (χ4n) is 4.15. The molecule has 0 aromatic carbocycles. The fourth-order valence-corrected chi connectivity index (χ4v) is 4.15. The fraction of sp³-hybridized carbons (Fsp3) is 0.368. The van der Waals surface area contributed by atoms with Crippen molar-refractivity contribution in [3.05, 3.63) is 54.7 Å². The molecule has 29 heavy (non-hydrogen) atoms. The number of rotatable bonds is 3. The quantitative estimate of drug-likeness (QED) is 0.673. The Bertz CT molecular complexity index is 974. The van der Waals surface area contributed by atoms with E-state index in [1.807, 2.05) is 18.3 Å².